The van der Waals surface area contributed by atoms with Gasteiger partial charge in [-0.15, -0.1) is 10.2 Å². The second-order valence-electron chi connectivity index (χ2n) is 4.23. The van der Waals surface area contributed by atoms with E-state index in [1.165, 1.54) is 0 Å². The summed E-state index contributed by atoms with van der Waals surface area (Å²) in [5.74, 6) is -0.164. The van der Waals surface area contributed by atoms with Gasteiger partial charge in [-0.25, -0.2) is 28.2 Å². The van der Waals surface area contributed by atoms with Gasteiger partial charge in [0.05, 0.1) is 7.05 Å². The Morgan fingerprint density at radius 1 is 1.33 bits per heavy atom. The number of fused-ring (bicyclic) bond motifs is 1. The third-order valence-corrected chi connectivity index (χ3v) is 2.83. The van der Waals surface area contributed by atoms with Gasteiger partial charge < -0.3 is 5.32 Å². The van der Waals surface area contributed by atoms with Gasteiger partial charge in [-0.3, -0.25) is 4.79 Å². The van der Waals surface area contributed by atoms with E-state index in [0.717, 1.165) is 17.0 Å². The minimum absolute atomic E-state index is 0.164. The number of carbonyl (C=O) groups is 1. The highest BCUT2D eigenvalue weighted by atomic mass is 35.7. The van der Waals surface area contributed by atoms with Crippen molar-refractivity contribution in [2.24, 2.45) is 7.05 Å². The van der Waals surface area contributed by atoms with Crippen molar-refractivity contribution in [1.29, 1.82) is 0 Å². The van der Waals surface area contributed by atoms with Crippen molar-refractivity contribution >= 4 is 11.6 Å². The molecule has 21 heavy (non-hydrogen) atoms. The summed E-state index contributed by atoms with van der Waals surface area (Å²) >= 11 is 0. The van der Waals surface area contributed by atoms with E-state index in [9.17, 15) is 4.79 Å². The summed E-state index contributed by atoms with van der Waals surface area (Å²) in [7, 11) is -1.41. The van der Waals surface area contributed by atoms with Crippen molar-refractivity contribution in [1.82, 2.24) is 14.7 Å². The number of hydrogen-bond donors (Lipinski definition) is 1. The molecule has 2 aromatic heterocycles. The summed E-state index contributed by atoms with van der Waals surface area (Å²) in [5.41, 5.74) is 3.43. The molecule has 0 unspecified atom stereocenters. The van der Waals surface area contributed by atoms with Gasteiger partial charge in [0, 0.05) is 13.1 Å². The average Bonchev–Trinajstić information content (AvgIpc) is 2.78. The number of aryl methyl sites for hydroxylation is 3. The molecular formula is C11H15ClN4O5. The molecule has 10 heteroatoms. The van der Waals surface area contributed by atoms with E-state index in [-0.39, 0.29) is 5.91 Å². The number of nitrogens with zero attached hydrogens (tertiary/aromatic N) is 3. The zero-order valence-electron chi connectivity index (χ0n) is 11.9. The van der Waals surface area contributed by atoms with Crippen molar-refractivity contribution in [2.75, 3.05) is 7.05 Å². The summed E-state index contributed by atoms with van der Waals surface area (Å²) in [5, 5.41) is 2.60. The molecular weight excluding hydrogens is 304 g/mol. The molecule has 0 bridgehead atoms. The Hall–Kier alpha value is -1.78. The van der Waals surface area contributed by atoms with E-state index >= 15 is 0 Å². The summed E-state index contributed by atoms with van der Waals surface area (Å²) in [6, 6.07) is 2.06. The fraction of sp³-hybridized carbons (Fsp3) is 0.364. The molecule has 2 rings (SSSR count). The van der Waals surface area contributed by atoms with E-state index in [1.54, 1.807) is 13.4 Å². The first-order chi connectivity index (χ1) is 9.56. The highest BCUT2D eigenvalue weighted by molar-refractivity contribution is 5.97. The van der Waals surface area contributed by atoms with E-state index in [0.29, 0.717) is 5.69 Å². The zero-order valence-corrected chi connectivity index (χ0v) is 12.7. The van der Waals surface area contributed by atoms with Crippen LogP contribution in [0.1, 0.15) is 21.9 Å². The Morgan fingerprint density at radius 3 is 2.33 bits per heavy atom. The van der Waals surface area contributed by atoms with Crippen LogP contribution in [0.15, 0.2) is 12.4 Å². The molecule has 116 valence electrons. The fourth-order valence-electron chi connectivity index (χ4n) is 1.83. The molecule has 9 nitrogen and oxygen atoms in total. The Kier molecular flexibility index (Phi) is 5.20. The fourth-order valence-corrected chi connectivity index (χ4v) is 1.83. The Balaban J connectivity index is 0.000000383. The molecule has 0 spiro atoms. The smallest absolute Gasteiger partial charge is 0.319 e. The molecule has 1 N–H and O–H groups in total. The molecule has 1 amide bonds. The summed E-state index contributed by atoms with van der Waals surface area (Å²) in [6.07, 6.45) is 1.68. The largest absolute Gasteiger partial charge is 0.353 e. The van der Waals surface area contributed by atoms with Gasteiger partial charge in [0.15, 0.2) is 6.33 Å². The number of aromatic nitrogens is 3. The van der Waals surface area contributed by atoms with Crippen molar-refractivity contribution < 1.29 is 38.2 Å². The molecule has 0 fully saturated rings. The average molecular weight is 319 g/mol. The third-order valence-electron chi connectivity index (χ3n) is 2.83. The molecule has 2 heterocycles. The maximum atomic E-state index is 11.7. The normalized spacial score (nSPS) is 11.0. The van der Waals surface area contributed by atoms with Crippen LogP contribution in [0.25, 0.3) is 5.65 Å². The van der Waals surface area contributed by atoms with E-state index in [2.05, 4.69) is 16.4 Å². The first-order valence-electron chi connectivity index (χ1n) is 5.73. The van der Waals surface area contributed by atoms with Gasteiger partial charge in [-0.05, 0) is 13.8 Å². The number of amides is 1. The van der Waals surface area contributed by atoms with Crippen LogP contribution in [0, 0.1) is 24.1 Å². The van der Waals surface area contributed by atoms with Crippen molar-refractivity contribution in [3.05, 3.63) is 29.5 Å². The maximum absolute atomic E-state index is 11.7. The predicted molar refractivity (Wildman–Crippen MR) is 59.2 cm³/mol. The SMILES string of the molecule is CNC(=O)c1ncn2c(C)cc(C)[n+](C)c12.[O-][Cl+3]([O-])([O-])[O-]. The summed E-state index contributed by atoms with van der Waals surface area (Å²) < 4.78 is 37.8. The van der Waals surface area contributed by atoms with Gasteiger partial charge in [0.1, 0.15) is 11.4 Å². The lowest BCUT2D eigenvalue weighted by atomic mass is 10.3. The van der Waals surface area contributed by atoms with Crippen molar-refractivity contribution in [2.45, 2.75) is 13.8 Å². The molecule has 0 atom stereocenters. The van der Waals surface area contributed by atoms with Gasteiger partial charge in [-0.1, -0.05) is 0 Å². The van der Waals surface area contributed by atoms with Crippen molar-refractivity contribution in [3.8, 4) is 0 Å². The second kappa shape index (κ2) is 6.33. The minimum atomic E-state index is -4.94. The van der Waals surface area contributed by atoms with Crippen LogP contribution in [-0.2, 0) is 7.05 Å². The molecule has 0 radical (unpaired) electrons. The Bertz CT molecular complexity index is 659. The zero-order chi connectivity index (χ0) is 16.4. The highest BCUT2D eigenvalue weighted by Gasteiger charge is 2.22. The lowest BCUT2D eigenvalue weighted by Gasteiger charge is -2.17. The number of hydrogen-bond acceptors (Lipinski definition) is 6. The first-order valence-corrected chi connectivity index (χ1v) is 6.96. The maximum Gasteiger partial charge on any atom is 0.319 e. The van der Waals surface area contributed by atoms with E-state index < -0.39 is 10.2 Å². The van der Waals surface area contributed by atoms with Crippen LogP contribution in [0.4, 0.5) is 0 Å². The number of imidazole rings is 1. The quantitative estimate of drug-likeness (QED) is 0.524. The van der Waals surface area contributed by atoms with Gasteiger partial charge >= 0.3 is 5.65 Å². The molecule has 0 saturated carbocycles. The third kappa shape index (κ3) is 4.34. The summed E-state index contributed by atoms with van der Waals surface area (Å²) in [4.78, 5) is 15.8. The molecule has 0 aliphatic rings. The lowest BCUT2D eigenvalue weighted by Crippen LogP contribution is -2.68. The van der Waals surface area contributed by atoms with Crippen LogP contribution in [0.2, 0.25) is 0 Å². The van der Waals surface area contributed by atoms with Gasteiger partial charge in [0.2, 0.25) is 5.69 Å². The predicted octanol–water partition coefficient (Wildman–Crippen LogP) is -4.62. The molecule has 0 aliphatic carbocycles. The number of halogens is 1. The topological polar surface area (TPSA) is 143 Å². The highest BCUT2D eigenvalue weighted by Crippen LogP contribution is 2.09. The van der Waals surface area contributed by atoms with Crippen LogP contribution in [-0.4, -0.2) is 22.3 Å². The van der Waals surface area contributed by atoms with Gasteiger partial charge in [0.25, 0.3) is 5.91 Å². The number of rotatable bonds is 1. The molecule has 0 saturated heterocycles. The van der Waals surface area contributed by atoms with Crippen LogP contribution in [0.5, 0.6) is 0 Å². The standard InChI is InChI=1S/C11H14N4O.ClHO4/c1-7-5-8(2)15-6-13-9(10(16)12-3)11(15)14(7)4;2-1(3,4)5/h5-6H,1-4H3;(H,2,3,4,5). The second-order valence-corrected chi connectivity index (χ2v) is 4.99. The van der Waals surface area contributed by atoms with E-state index in [4.69, 9.17) is 18.6 Å². The Morgan fingerprint density at radius 2 is 1.86 bits per heavy atom. The van der Waals surface area contributed by atoms with Crippen molar-refractivity contribution in [3.63, 3.8) is 0 Å². The molecule has 2 aromatic rings. The summed E-state index contributed by atoms with van der Waals surface area (Å²) in [6.45, 7) is 4.00. The number of carbonyl (C=O) groups excluding carboxylic acids is 1. The van der Waals surface area contributed by atoms with Crippen LogP contribution in [0.3, 0.4) is 0 Å². The molecule has 0 aliphatic heterocycles. The van der Waals surface area contributed by atoms with Gasteiger partial charge in [-0.2, -0.15) is 4.40 Å². The molecule has 0 aromatic carbocycles. The van der Waals surface area contributed by atoms with Crippen LogP contribution >= 0.6 is 0 Å². The minimum Gasteiger partial charge on any atom is -0.353 e. The lowest BCUT2D eigenvalue weighted by molar-refractivity contribution is -2.00. The Labute approximate surface area is 122 Å². The van der Waals surface area contributed by atoms with Crippen LogP contribution < -0.4 is 28.5 Å². The first kappa shape index (κ1) is 17.3. The van der Waals surface area contributed by atoms with E-state index in [1.807, 2.05) is 29.9 Å². The number of nitrogens with one attached hydrogen (secondary N) is 1. The monoisotopic (exact) mass is 318 g/mol.